The van der Waals surface area contributed by atoms with Crippen molar-refractivity contribution in [2.24, 2.45) is 5.73 Å². The Balaban J connectivity index is 3.00. The highest BCUT2D eigenvalue weighted by Gasteiger charge is 2.27. The quantitative estimate of drug-likeness (QED) is 0.821. The fourth-order valence-electron chi connectivity index (χ4n) is 1.56. The Bertz CT molecular complexity index is 468. The third kappa shape index (κ3) is 3.52. The van der Waals surface area contributed by atoms with Crippen LogP contribution in [0.1, 0.15) is 18.7 Å². The zero-order chi connectivity index (χ0) is 13.8. The van der Waals surface area contributed by atoms with Crippen molar-refractivity contribution in [3.8, 4) is 0 Å². The predicted octanol–water partition coefficient (Wildman–Crippen LogP) is 1.25. The van der Waals surface area contributed by atoms with E-state index in [2.05, 4.69) is 0 Å². The number of thiophene rings is 1. The van der Waals surface area contributed by atoms with Crippen LogP contribution in [0, 0.1) is 0 Å². The van der Waals surface area contributed by atoms with E-state index in [1.807, 2.05) is 13.8 Å². The molecule has 0 atom stereocenters. The summed E-state index contributed by atoms with van der Waals surface area (Å²) < 4.78 is 31.6. The molecule has 0 spiro atoms. The zero-order valence-corrected chi connectivity index (χ0v) is 12.6. The van der Waals surface area contributed by atoms with Gasteiger partial charge in [-0.2, -0.15) is 4.31 Å². The summed E-state index contributed by atoms with van der Waals surface area (Å²) in [6, 6.07) is 3.27. The summed E-state index contributed by atoms with van der Waals surface area (Å²) in [7, 11) is -1.89. The summed E-state index contributed by atoms with van der Waals surface area (Å²) in [6.07, 6.45) is 0. The molecule has 0 radical (unpaired) electrons. The van der Waals surface area contributed by atoms with Gasteiger partial charge in [0.05, 0.1) is 6.61 Å². The first kappa shape index (κ1) is 15.6. The van der Waals surface area contributed by atoms with Crippen LogP contribution in [-0.2, 0) is 21.3 Å². The van der Waals surface area contributed by atoms with Gasteiger partial charge in [0, 0.05) is 31.1 Å². The van der Waals surface area contributed by atoms with Gasteiger partial charge in [-0.15, -0.1) is 11.3 Å². The van der Waals surface area contributed by atoms with E-state index in [4.69, 9.17) is 10.5 Å². The SMILES string of the molecule is COCCN(C(C)C)S(=O)(=O)c1ccc(CN)s1. The van der Waals surface area contributed by atoms with E-state index >= 15 is 0 Å². The van der Waals surface area contributed by atoms with Crippen LogP contribution in [0.25, 0.3) is 0 Å². The molecule has 0 bridgehead atoms. The van der Waals surface area contributed by atoms with Crippen LogP contribution in [0.15, 0.2) is 16.3 Å². The molecule has 0 unspecified atom stereocenters. The van der Waals surface area contributed by atoms with Gasteiger partial charge in [0.15, 0.2) is 0 Å². The standard InChI is InChI=1S/C11H20N2O3S2/c1-9(2)13(6-7-16-3)18(14,15)11-5-4-10(8-12)17-11/h4-5,9H,6-8,12H2,1-3H3. The average Bonchev–Trinajstić information content (AvgIpc) is 2.77. The Morgan fingerprint density at radius 3 is 2.56 bits per heavy atom. The first-order valence-electron chi connectivity index (χ1n) is 5.73. The topological polar surface area (TPSA) is 72.6 Å². The number of nitrogens with two attached hydrogens (primary N) is 1. The Labute approximate surface area is 113 Å². The van der Waals surface area contributed by atoms with Crippen molar-refractivity contribution in [1.29, 1.82) is 0 Å². The predicted molar refractivity (Wildman–Crippen MR) is 73.1 cm³/mol. The maximum atomic E-state index is 12.4. The van der Waals surface area contributed by atoms with Crippen LogP contribution >= 0.6 is 11.3 Å². The largest absolute Gasteiger partial charge is 0.383 e. The molecule has 2 N–H and O–H groups in total. The van der Waals surface area contributed by atoms with Crippen LogP contribution in [0.3, 0.4) is 0 Å². The number of nitrogens with zero attached hydrogens (tertiary/aromatic N) is 1. The van der Waals surface area contributed by atoms with E-state index in [0.717, 1.165) is 4.88 Å². The summed E-state index contributed by atoms with van der Waals surface area (Å²) in [5.74, 6) is 0. The van der Waals surface area contributed by atoms with Gasteiger partial charge in [0.2, 0.25) is 0 Å². The van der Waals surface area contributed by atoms with Gasteiger partial charge < -0.3 is 10.5 Å². The third-order valence-corrected chi connectivity index (χ3v) is 6.14. The highest BCUT2D eigenvalue weighted by Crippen LogP contribution is 2.25. The summed E-state index contributed by atoms with van der Waals surface area (Å²) in [5.41, 5.74) is 5.50. The van der Waals surface area contributed by atoms with Crippen molar-refractivity contribution in [3.05, 3.63) is 17.0 Å². The number of sulfonamides is 1. The molecule has 18 heavy (non-hydrogen) atoms. The molecule has 1 heterocycles. The molecular formula is C11H20N2O3S2. The van der Waals surface area contributed by atoms with Crippen LogP contribution in [-0.4, -0.2) is 39.0 Å². The maximum absolute atomic E-state index is 12.4. The second-order valence-corrected chi connectivity index (χ2v) is 7.41. The smallest absolute Gasteiger partial charge is 0.252 e. The first-order chi connectivity index (χ1) is 8.43. The number of hydrogen-bond acceptors (Lipinski definition) is 5. The van der Waals surface area contributed by atoms with Gasteiger partial charge in [-0.25, -0.2) is 8.42 Å². The van der Waals surface area contributed by atoms with E-state index in [1.165, 1.54) is 15.6 Å². The van der Waals surface area contributed by atoms with Crippen molar-refractivity contribution < 1.29 is 13.2 Å². The highest BCUT2D eigenvalue weighted by atomic mass is 32.2. The van der Waals surface area contributed by atoms with Crippen molar-refractivity contribution in [2.45, 2.75) is 30.6 Å². The minimum atomic E-state index is -3.45. The molecule has 0 amide bonds. The molecule has 1 rings (SSSR count). The van der Waals surface area contributed by atoms with E-state index < -0.39 is 10.0 Å². The maximum Gasteiger partial charge on any atom is 0.252 e. The number of rotatable bonds is 7. The lowest BCUT2D eigenvalue weighted by Crippen LogP contribution is -2.38. The molecule has 0 aliphatic heterocycles. The molecule has 5 nitrogen and oxygen atoms in total. The monoisotopic (exact) mass is 292 g/mol. The van der Waals surface area contributed by atoms with Crippen molar-refractivity contribution in [2.75, 3.05) is 20.3 Å². The van der Waals surface area contributed by atoms with Gasteiger partial charge in [-0.1, -0.05) is 0 Å². The van der Waals surface area contributed by atoms with E-state index in [9.17, 15) is 8.42 Å². The van der Waals surface area contributed by atoms with Gasteiger partial charge in [-0.3, -0.25) is 0 Å². The molecule has 7 heteroatoms. The fourth-order valence-corrected chi connectivity index (χ4v) is 4.54. The lowest BCUT2D eigenvalue weighted by Gasteiger charge is -2.24. The van der Waals surface area contributed by atoms with Crippen molar-refractivity contribution in [3.63, 3.8) is 0 Å². The second-order valence-electron chi connectivity index (χ2n) is 4.13. The van der Waals surface area contributed by atoms with Crippen LogP contribution in [0.5, 0.6) is 0 Å². The molecular weight excluding hydrogens is 272 g/mol. The lowest BCUT2D eigenvalue weighted by molar-refractivity contribution is 0.171. The number of methoxy groups -OCH3 is 1. The van der Waals surface area contributed by atoms with Crippen molar-refractivity contribution in [1.82, 2.24) is 4.31 Å². The molecule has 104 valence electrons. The molecule has 0 aromatic carbocycles. The van der Waals surface area contributed by atoms with Gasteiger partial charge in [0.25, 0.3) is 10.0 Å². The van der Waals surface area contributed by atoms with E-state index in [1.54, 1.807) is 19.2 Å². The molecule has 0 aliphatic carbocycles. The Kier molecular flexibility index (Phi) is 5.74. The minimum Gasteiger partial charge on any atom is -0.383 e. The van der Waals surface area contributed by atoms with Crippen molar-refractivity contribution >= 4 is 21.4 Å². The van der Waals surface area contributed by atoms with E-state index in [0.29, 0.717) is 23.9 Å². The summed E-state index contributed by atoms with van der Waals surface area (Å²) >= 11 is 1.22. The first-order valence-corrected chi connectivity index (χ1v) is 7.98. The average molecular weight is 292 g/mol. The van der Waals surface area contributed by atoms with Crippen LogP contribution in [0.4, 0.5) is 0 Å². The zero-order valence-electron chi connectivity index (χ0n) is 10.9. The fraction of sp³-hybridized carbons (Fsp3) is 0.636. The molecule has 0 aliphatic rings. The molecule has 0 saturated carbocycles. The number of hydrogen-bond donors (Lipinski definition) is 1. The Morgan fingerprint density at radius 2 is 2.11 bits per heavy atom. The minimum absolute atomic E-state index is 0.103. The Morgan fingerprint density at radius 1 is 1.44 bits per heavy atom. The number of ether oxygens (including phenoxy) is 1. The van der Waals surface area contributed by atoms with Crippen LogP contribution in [0.2, 0.25) is 0 Å². The lowest BCUT2D eigenvalue weighted by atomic mass is 10.4. The molecule has 0 saturated heterocycles. The Hall–Kier alpha value is -0.470. The van der Waals surface area contributed by atoms with E-state index in [-0.39, 0.29) is 6.04 Å². The molecule has 1 aromatic rings. The molecule has 1 aromatic heterocycles. The highest BCUT2D eigenvalue weighted by molar-refractivity contribution is 7.91. The molecule has 0 fully saturated rings. The van der Waals surface area contributed by atoms with Gasteiger partial charge in [-0.05, 0) is 26.0 Å². The normalized spacial score (nSPS) is 12.6. The van der Waals surface area contributed by atoms with Gasteiger partial charge in [0.1, 0.15) is 4.21 Å². The van der Waals surface area contributed by atoms with Gasteiger partial charge >= 0.3 is 0 Å². The third-order valence-electron chi connectivity index (χ3n) is 2.49. The summed E-state index contributed by atoms with van der Waals surface area (Å²) in [4.78, 5) is 0.865. The summed E-state index contributed by atoms with van der Waals surface area (Å²) in [6.45, 7) is 4.80. The van der Waals surface area contributed by atoms with Crippen LogP contribution < -0.4 is 5.73 Å². The summed E-state index contributed by atoms with van der Waals surface area (Å²) in [5, 5.41) is 0. The second kappa shape index (κ2) is 6.63.